The average Bonchev–Trinajstić information content (AvgIpc) is 3.05. The number of hydrogen-bond donors (Lipinski definition) is 1. The van der Waals surface area contributed by atoms with Gasteiger partial charge in [0, 0.05) is 23.0 Å². The van der Waals surface area contributed by atoms with Gasteiger partial charge in [-0.05, 0) is 35.4 Å². The van der Waals surface area contributed by atoms with E-state index in [-0.39, 0.29) is 20.8 Å². The van der Waals surface area contributed by atoms with Gasteiger partial charge in [-0.3, -0.25) is 4.79 Å². The number of thiophene rings is 1. The second-order valence-electron chi connectivity index (χ2n) is 7.56. The number of halogens is 2. The number of phenols is 1. The molecule has 2 heterocycles. The molecule has 0 atom stereocenters. The highest BCUT2D eigenvalue weighted by Gasteiger charge is 2.30. The molecule has 10 heteroatoms. The van der Waals surface area contributed by atoms with Gasteiger partial charge < -0.3 is 14.7 Å². The number of aromatic hydroxyl groups is 1. The van der Waals surface area contributed by atoms with Crippen molar-refractivity contribution in [2.75, 3.05) is 26.3 Å². The van der Waals surface area contributed by atoms with Gasteiger partial charge in [0.1, 0.15) is 4.90 Å². The number of ether oxygens (including phenoxy) is 1. The minimum atomic E-state index is -3.99. The first-order valence-corrected chi connectivity index (χ1v) is 12.8. The van der Waals surface area contributed by atoms with Crippen LogP contribution in [0.1, 0.15) is 34.6 Å². The Kier molecular flexibility index (Phi) is 7.35. The molecule has 1 aromatic carbocycles. The molecule has 1 fully saturated rings. The first-order chi connectivity index (χ1) is 14.1. The number of rotatable bonds is 6. The second-order valence-corrected chi connectivity index (χ2v) is 11.3. The predicted octanol–water partition coefficient (Wildman–Crippen LogP) is 4.41. The Hall–Kier alpha value is -1.32. The molecule has 1 aliphatic rings. The van der Waals surface area contributed by atoms with E-state index in [2.05, 4.69) is 0 Å². The molecule has 30 heavy (non-hydrogen) atoms. The topological polar surface area (TPSA) is 83.9 Å². The molecule has 164 valence electrons. The summed E-state index contributed by atoms with van der Waals surface area (Å²) in [5, 5.41) is 12.0. The third-order valence-electron chi connectivity index (χ3n) is 4.73. The van der Waals surface area contributed by atoms with E-state index < -0.39 is 21.3 Å². The summed E-state index contributed by atoms with van der Waals surface area (Å²) in [7, 11) is -3.99. The summed E-state index contributed by atoms with van der Waals surface area (Å²) in [5.74, 6) is -0.850. The molecule has 0 aliphatic carbocycles. The molecule has 1 aromatic heterocycles. The van der Waals surface area contributed by atoms with E-state index in [1.54, 1.807) is 4.90 Å². The highest BCUT2D eigenvalue weighted by Crippen LogP contribution is 2.37. The maximum Gasteiger partial charge on any atom is 0.255 e. The molecule has 1 saturated heterocycles. The van der Waals surface area contributed by atoms with Crippen molar-refractivity contribution in [1.82, 2.24) is 4.90 Å². The zero-order valence-corrected chi connectivity index (χ0v) is 19.8. The van der Waals surface area contributed by atoms with Gasteiger partial charge >= 0.3 is 0 Å². The van der Waals surface area contributed by atoms with Crippen LogP contribution < -0.4 is 0 Å². The van der Waals surface area contributed by atoms with Crippen LogP contribution in [-0.4, -0.2) is 50.6 Å². The number of carbonyl (C=O) groups is 1. The Bertz CT molecular complexity index is 1040. The maximum atomic E-state index is 13.3. The third kappa shape index (κ3) is 5.11. The van der Waals surface area contributed by atoms with E-state index in [0.717, 1.165) is 5.56 Å². The van der Waals surface area contributed by atoms with Crippen LogP contribution in [0.3, 0.4) is 0 Å². The summed E-state index contributed by atoms with van der Waals surface area (Å²) in [6, 6.07) is 2.45. The van der Waals surface area contributed by atoms with Gasteiger partial charge in [0.15, 0.2) is 15.6 Å². The van der Waals surface area contributed by atoms with Crippen molar-refractivity contribution < 1.29 is 23.1 Å². The minimum Gasteiger partial charge on any atom is -0.505 e. The van der Waals surface area contributed by atoms with E-state index in [1.807, 2.05) is 19.2 Å². The maximum absolute atomic E-state index is 13.3. The summed E-state index contributed by atoms with van der Waals surface area (Å²) in [6.07, 6.45) is 0.663. The molecule has 6 nitrogen and oxygen atoms in total. The second kappa shape index (κ2) is 9.44. The lowest BCUT2D eigenvalue weighted by molar-refractivity contribution is 0.0302. The Morgan fingerprint density at radius 2 is 1.93 bits per heavy atom. The quantitative estimate of drug-likeness (QED) is 0.646. The molecule has 0 radical (unpaired) electrons. The SMILES string of the molecule is CC(C)Cc1csc(CS(=O)(=O)c2cc(Cl)cc(Cl)c2O)c1C(=O)N1CCOCC1. The summed E-state index contributed by atoms with van der Waals surface area (Å²) < 4.78 is 31.5. The highest BCUT2D eigenvalue weighted by atomic mass is 35.5. The van der Waals surface area contributed by atoms with Gasteiger partial charge in [0.25, 0.3) is 5.91 Å². The van der Waals surface area contributed by atoms with Gasteiger partial charge in [-0.15, -0.1) is 11.3 Å². The van der Waals surface area contributed by atoms with Gasteiger partial charge in [0.2, 0.25) is 0 Å². The molecule has 1 amide bonds. The Balaban J connectivity index is 2.01. The van der Waals surface area contributed by atoms with E-state index in [1.165, 1.54) is 23.5 Å². The van der Waals surface area contributed by atoms with Crippen LogP contribution in [0.5, 0.6) is 5.75 Å². The van der Waals surface area contributed by atoms with Gasteiger partial charge in [-0.1, -0.05) is 37.0 Å². The first-order valence-electron chi connectivity index (χ1n) is 9.47. The van der Waals surface area contributed by atoms with Crippen molar-refractivity contribution in [3.05, 3.63) is 43.6 Å². The fourth-order valence-corrected chi connectivity index (χ4v) is 6.89. The molecule has 1 N–H and O–H groups in total. The number of benzene rings is 1. The van der Waals surface area contributed by atoms with E-state index in [4.69, 9.17) is 27.9 Å². The zero-order chi connectivity index (χ0) is 22.1. The van der Waals surface area contributed by atoms with Crippen LogP contribution in [0.2, 0.25) is 10.0 Å². The predicted molar refractivity (Wildman–Crippen MR) is 119 cm³/mol. The Morgan fingerprint density at radius 1 is 1.27 bits per heavy atom. The summed E-state index contributed by atoms with van der Waals surface area (Å²) in [4.78, 5) is 15.1. The molecule has 0 spiro atoms. The van der Waals surface area contributed by atoms with Crippen molar-refractivity contribution in [2.45, 2.75) is 30.9 Å². The number of hydrogen-bond acceptors (Lipinski definition) is 6. The molecule has 1 aliphatic heterocycles. The van der Waals surface area contributed by atoms with Crippen LogP contribution in [0, 0.1) is 5.92 Å². The van der Waals surface area contributed by atoms with Crippen molar-refractivity contribution in [1.29, 1.82) is 0 Å². The molecular weight excluding hydrogens is 469 g/mol. The number of amides is 1. The number of phenolic OH excluding ortho intramolecular Hbond substituents is 1. The van der Waals surface area contributed by atoms with Crippen molar-refractivity contribution >= 4 is 50.3 Å². The summed E-state index contributed by atoms with van der Waals surface area (Å²) in [5.41, 5.74) is 1.27. The van der Waals surface area contributed by atoms with Crippen molar-refractivity contribution in [2.24, 2.45) is 5.92 Å². The lowest BCUT2D eigenvalue weighted by Crippen LogP contribution is -2.41. The standard InChI is InChI=1S/C20H23Cl2NO5S2/c1-12(2)7-13-10-29-16(18(13)20(25)23-3-5-28-6-4-23)11-30(26,27)17-9-14(21)8-15(22)19(17)24/h8-10,12,24H,3-7,11H2,1-2H3. The van der Waals surface area contributed by atoms with Crippen LogP contribution >= 0.6 is 34.5 Å². The van der Waals surface area contributed by atoms with Gasteiger partial charge in [0.05, 0.1) is 29.6 Å². The first kappa shape index (κ1) is 23.3. The molecule has 0 unspecified atom stereocenters. The van der Waals surface area contributed by atoms with Crippen LogP contribution in [0.4, 0.5) is 0 Å². The van der Waals surface area contributed by atoms with E-state index in [0.29, 0.717) is 49.1 Å². The Labute approximate surface area is 190 Å². The number of morpholine rings is 1. The average molecular weight is 492 g/mol. The van der Waals surface area contributed by atoms with Crippen molar-refractivity contribution in [3.63, 3.8) is 0 Å². The van der Waals surface area contributed by atoms with Crippen LogP contribution in [0.15, 0.2) is 22.4 Å². The lowest BCUT2D eigenvalue weighted by Gasteiger charge is -2.27. The van der Waals surface area contributed by atoms with E-state index in [9.17, 15) is 18.3 Å². The van der Waals surface area contributed by atoms with Crippen LogP contribution in [-0.2, 0) is 26.7 Å². The zero-order valence-electron chi connectivity index (χ0n) is 16.7. The highest BCUT2D eigenvalue weighted by molar-refractivity contribution is 7.91. The summed E-state index contributed by atoms with van der Waals surface area (Å²) >= 11 is 13.1. The van der Waals surface area contributed by atoms with E-state index >= 15 is 0 Å². The number of carbonyl (C=O) groups excluding carboxylic acids is 1. The van der Waals surface area contributed by atoms with Gasteiger partial charge in [-0.25, -0.2) is 8.42 Å². The molecule has 2 aromatic rings. The van der Waals surface area contributed by atoms with Crippen LogP contribution in [0.25, 0.3) is 0 Å². The fourth-order valence-electron chi connectivity index (χ4n) is 3.35. The smallest absolute Gasteiger partial charge is 0.255 e. The molecule has 0 bridgehead atoms. The summed E-state index contributed by atoms with van der Waals surface area (Å²) in [6.45, 7) is 5.93. The minimum absolute atomic E-state index is 0.104. The lowest BCUT2D eigenvalue weighted by atomic mass is 10.00. The number of sulfone groups is 1. The third-order valence-corrected chi connectivity index (χ3v) is 8.11. The molecule has 0 saturated carbocycles. The van der Waals surface area contributed by atoms with Crippen molar-refractivity contribution in [3.8, 4) is 5.75 Å². The molecular formula is C20H23Cl2NO5S2. The molecule has 3 rings (SSSR count). The largest absolute Gasteiger partial charge is 0.505 e. The number of nitrogens with zero attached hydrogens (tertiary/aromatic N) is 1. The normalized spacial score (nSPS) is 15.0. The van der Waals surface area contributed by atoms with Gasteiger partial charge in [-0.2, -0.15) is 0 Å². The monoisotopic (exact) mass is 491 g/mol. The fraction of sp³-hybridized carbons (Fsp3) is 0.450. The Morgan fingerprint density at radius 3 is 2.57 bits per heavy atom.